The van der Waals surface area contributed by atoms with Crippen LogP contribution >= 0.6 is 11.3 Å². The van der Waals surface area contributed by atoms with Crippen LogP contribution < -0.4 is 5.32 Å². The lowest BCUT2D eigenvalue weighted by Gasteiger charge is -2.33. The van der Waals surface area contributed by atoms with Crippen LogP contribution in [-0.4, -0.2) is 45.1 Å². The van der Waals surface area contributed by atoms with Crippen LogP contribution in [0, 0.1) is 0 Å². The minimum atomic E-state index is -0.993. The number of hydrogen-bond donors (Lipinski definition) is 2. The van der Waals surface area contributed by atoms with Gasteiger partial charge in [-0.3, -0.25) is 9.88 Å². The fourth-order valence-corrected chi connectivity index (χ4v) is 3.55. The predicted molar refractivity (Wildman–Crippen MR) is 94.9 cm³/mol. The van der Waals surface area contributed by atoms with Gasteiger partial charge in [-0.25, -0.2) is 9.78 Å². The molecular formula is C17H20N4O2S. The minimum absolute atomic E-state index is 0.355. The van der Waals surface area contributed by atoms with Gasteiger partial charge in [-0.1, -0.05) is 6.07 Å². The molecule has 1 aliphatic rings. The lowest BCUT2D eigenvalue weighted by atomic mass is 10.1. The van der Waals surface area contributed by atoms with Crippen molar-refractivity contribution in [1.29, 1.82) is 0 Å². The maximum atomic E-state index is 10.5. The molecule has 0 radical (unpaired) electrons. The summed E-state index contributed by atoms with van der Waals surface area (Å²) in [6.07, 6.45) is 8.00. The highest BCUT2D eigenvalue weighted by Crippen LogP contribution is 2.18. The average Bonchev–Trinajstić information content (AvgIpc) is 3.07. The largest absolute Gasteiger partial charge is 0.478 e. The third kappa shape index (κ3) is 4.87. The summed E-state index contributed by atoms with van der Waals surface area (Å²) in [6, 6.07) is 4.63. The molecule has 1 aliphatic heterocycles. The Morgan fingerprint density at radius 3 is 3.08 bits per heavy atom. The van der Waals surface area contributed by atoms with Crippen molar-refractivity contribution in [2.45, 2.75) is 25.4 Å². The summed E-state index contributed by atoms with van der Waals surface area (Å²) in [7, 11) is 0. The molecule has 1 saturated heterocycles. The SMILES string of the molecule is O=C(O)/C=C/c1cnc(NC2CCCN(Cc3cccs3)C2)cn1. The minimum Gasteiger partial charge on any atom is -0.478 e. The number of nitrogens with zero attached hydrogens (tertiary/aromatic N) is 3. The smallest absolute Gasteiger partial charge is 0.328 e. The maximum Gasteiger partial charge on any atom is 0.328 e. The zero-order valence-corrected chi connectivity index (χ0v) is 14.1. The molecule has 7 heteroatoms. The maximum absolute atomic E-state index is 10.5. The van der Waals surface area contributed by atoms with Crippen LogP contribution in [0.3, 0.4) is 0 Å². The summed E-state index contributed by atoms with van der Waals surface area (Å²) < 4.78 is 0. The Morgan fingerprint density at radius 1 is 1.46 bits per heavy atom. The topological polar surface area (TPSA) is 78.3 Å². The van der Waals surface area contributed by atoms with Gasteiger partial charge < -0.3 is 10.4 Å². The predicted octanol–water partition coefficient (Wildman–Crippen LogP) is 2.71. The van der Waals surface area contributed by atoms with Crippen molar-refractivity contribution < 1.29 is 9.90 Å². The van der Waals surface area contributed by atoms with E-state index in [0.717, 1.165) is 44.4 Å². The van der Waals surface area contributed by atoms with Crippen LogP contribution in [0.1, 0.15) is 23.4 Å². The second-order valence-electron chi connectivity index (χ2n) is 5.80. The molecule has 1 atom stereocenters. The summed E-state index contributed by atoms with van der Waals surface area (Å²) in [5, 5.41) is 14.2. The van der Waals surface area contributed by atoms with Gasteiger partial charge in [0, 0.05) is 30.1 Å². The van der Waals surface area contributed by atoms with Crippen LogP contribution in [0.4, 0.5) is 5.82 Å². The van der Waals surface area contributed by atoms with Crippen LogP contribution in [0.2, 0.25) is 0 Å². The van der Waals surface area contributed by atoms with Gasteiger partial charge in [-0.2, -0.15) is 0 Å². The first-order chi connectivity index (χ1) is 11.7. The number of carboxylic acid groups (broad SMARTS) is 1. The molecule has 0 spiro atoms. The van der Waals surface area contributed by atoms with Crippen LogP contribution in [-0.2, 0) is 11.3 Å². The van der Waals surface area contributed by atoms with E-state index in [1.54, 1.807) is 23.7 Å². The Labute approximate surface area is 144 Å². The van der Waals surface area contributed by atoms with Gasteiger partial charge in [0.05, 0.1) is 18.1 Å². The molecule has 0 aromatic carbocycles. The van der Waals surface area contributed by atoms with Crippen molar-refractivity contribution in [3.05, 3.63) is 46.6 Å². The molecule has 6 nitrogen and oxygen atoms in total. The van der Waals surface area contributed by atoms with Crippen molar-refractivity contribution in [3.63, 3.8) is 0 Å². The first kappa shape index (κ1) is 16.6. The quantitative estimate of drug-likeness (QED) is 0.785. The average molecular weight is 344 g/mol. The molecular weight excluding hydrogens is 324 g/mol. The van der Waals surface area contributed by atoms with E-state index >= 15 is 0 Å². The van der Waals surface area contributed by atoms with Crippen LogP contribution in [0.15, 0.2) is 36.0 Å². The van der Waals surface area contributed by atoms with Crippen molar-refractivity contribution in [3.8, 4) is 0 Å². The second kappa shape index (κ2) is 8.03. The second-order valence-corrected chi connectivity index (χ2v) is 6.83. The Balaban J connectivity index is 1.54. The number of carboxylic acids is 1. The Bertz CT molecular complexity index is 685. The lowest BCUT2D eigenvalue weighted by Crippen LogP contribution is -2.41. The third-order valence-electron chi connectivity index (χ3n) is 3.89. The van der Waals surface area contributed by atoms with Gasteiger partial charge in [-0.15, -0.1) is 11.3 Å². The first-order valence-electron chi connectivity index (χ1n) is 7.93. The number of hydrogen-bond acceptors (Lipinski definition) is 6. The number of carbonyl (C=O) groups is 1. The molecule has 0 bridgehead atoms. The van der Waals surface area contributed by atoms with Gasteiger partial charge in [0.1, 0.15) is 5.82 Å². The van der Waals surface area contributed by atoms with E-state index in [1.807, 2.05) is 0 Å². The highest BCUT2D eigenvalue weighted by molar-refractivity contribution is 7.09. The molecule has 3 heterocycles. The van der Waals surface area contributed by atoms with E-state index in [2.05, 4.69) is 37.7 Å². The van der Waals surface area contributed by atoms with E-state index in [4.69, 9.17) is 5.11 Å². The molecule has 1 unspecified atom stereocenters. The van der Waals surface area contributed by atoms with Gasteiger partial charge in [-0.05, 0) is 36.9 Å². The van der Waals surface area contributed by atoms with E-state index in [9.17, 15) is 4.79 Å². The van der Waals surface area contributed by atoms with E-state index in [-0.39, 0.29) is 0 Å². The molecule has 2 N–H and O–H groups in total. The van der Waals surface area contributed by atoms with E-state index < -0.39 is 5.97 Å². The first-order valence-corrected chi connectivity index (χ1v) is 8.81. The number of likely N-dealkylation sites (tertiary alicyclic amines) is 1. The molecule has 0 saturated carbocycles. The standard InChI is InChI=1S/C17H20N4O2S/c22-17(23)6-5-13-9-19-16(10-18-13)20-14-3-1-7-21(11-14)12-15-4-2-8-24-15/h2,4-6,8-10,14H,1,3,7,11-12H2,(H,19,20)(H,22,23)/b6-5+. The Kier molecular flexibility index (Phi) is 5.55. The molecule has 0 aliphatic carbocycles. The normalized spacial score (nSPS) is 18.8. The van der Waals surface area contributed by atoms with Gasteiger partial charge in [0.2, 0.25) is 0 Å². The fraction of sp³-hybridized carbons (Fsp3) is 0.353. The highest BCUT2D eigenvalue weighted by Gasteiger charge is 2.20. The summed E-state index contributed by atoms with van der Waals surface area (Å²) in [5.41, 5.74) is 0.533. The van der Waals surface area contributed by atoms with E-state index in [0.29, 0.717) is 11.7 Å². The zero-order chi connectivity index (χ0) is 16.8. The van der Waals surface area contributed by atoms with Crippen molar-refractivity contribution in [2.24, 2.45) is 0 Å². The number of nitrogens with one attached hydrogen (secondary N) is 1. The number of aromatic nitrogens is 2. The molecule has 0 amide bonds. The number of rotatable bonds is 6. The van der Waals surface area contributed by atoms with Crippen molar-refractivity contribution in [2.75, 3.05) is 18.4 Å². The number of aliphatic carboxylic acids is 1. The van der Waals surface area contributed by atoms with E-state index in [1.165, 1.54) is 11.0 Å². The van der Waals surface area contributed by atoms with Crippen molar-refractivity contribution >= 4 is 29.2 Å². The lowest BCUT2D eigenvalue weighted by molar-refractivity contribution is -0.131. The van der Waals surface area contributed by atoms with Crippen molar-refractivity contribution in [1.82, 2.24) is 14.9 Å². The summed E-state index contributed by atoms with van der Waals surface area (Å²) >= 11 is 1.80. The highest BCUT2D eigenvalue weighted by atomic mass is 32.1. The van der Waals surface area contributed by atoms with Gasteiger partial charge >= 0.3 is 5.97 Å². The molecule has 1 fully saturated rings. The van der Waals surface area contributed by atoms with Gasteiger partial charge in [0.25, 0.3) is 0 Å². The molecule has 126 valence electrons. The molecule has 3 rings (SSSR count). The Hall–Kier alpha value is -2.25. The Morgan fingerprint density at radius 2 is 2.38 bits per heavy atom. The van der Waals surface area contributed by atoms with Crippen LogP contribution in [0.5, 0.6) is 0 Å². The number of piperidine rings is 1. The molecule has 2 aromatic rings. The number of anilines is 1. The summed E-state index contributed by atoms with van der Waals surface area (Å²) in [5.74, 6) is -0.266. The number of thiophene rings is 1. The fourth-order valence-electron chi connectivity index (χ4n) is 2.80. The zero-order valence-electron chi connectivity index (χ0n) is 13.3. The monoisotopic (exact) mass is 344 g/mol. The summed E-state index contributed by atoms with van der Waals surface area (Å²) in [6.45, 7) is 3.11. The third-order valence-corrected chi connectivity index (χ3v) is 4.75. The summed E-state index contributed by atoms with van der Waals surface area (Å²) in [4.78, 5) is 22.9. The van der Waals surface area contributed by atoms with Crippen LogP contribution in [0.25, 0.3) is 6.08 Å². The van der Waals surface area contributed by atoms with Gasteiger partial charge in [0.15, 0.2) is 0 Å². The molecule has 2 aromatic heterocycles. The molecule has 24 heavy (non-hydrogen) atoms.